The van der Waals surface area contributed by atoms with E-state index in [1.807, 2.05) is 0 Å². The molecule has 11 aromatic rings. The van der Waals surface area contributed by atoms with Crippen LogP contribution in [0.2, 0.25) is 0 Å². The lowest BCUT2D eigenvalue weighted by Crippen LogP contribution is -2.10. The van der Waals surface area contributed by atoms with Crippen molar-refractivity contribution in [3.05, 3.63) is 212 Å². The normalized spacial score (nSPS) is 18.3. The van der Waals surface area contributed by atoms with Gasteiger partial charge in [0.2, 0.25) is 0 Å². The van der Waals surface area contributed by atoms with Crippen molar-refractivity contribution in [3.8, 4) is 33.4 Å². The highest BCUT2D eigenvalue weighted by Gasteiger charge is 2.22. The molecule has 2 heteroatoms. The van der Waals surface area contributed by atoms with Gasteiger partial charge in [-0.15, -0.1) is 0 Å². The molecule has 1 heterocycles. The summed E-state index contributed by atoms with van der Waals surface area (Å²) in [7, 11) is 0. The van der Waals surface area contributed by atoms with E-state index in [0.717, 1.165) is 4.90 Å². The van der Waals surface area contributed by atoms with Gasteiger partial charge in [0.1, 0.15) is 11.2 Å². The van der Waals surface area contributed by atoms with Crippen molar-refractivity contribution in [1.29, 1.82) is 0 Å². The molecule has 0 atom stereocenters. The van der Waals surface area contributed by atoms with Crippen LogP contribution in [0.4, 0.5) is 17.1 Å². The molecule has 0 spiro atoms. The monoisotopic (exact) mass is 740 g/mol. The Morgan fingerprint density at radius 2 is 1.05 bits per heavy atom. The van der Waals surface area contributed by atoms with Crippen LogP contribution in [0.25, 0.3) is 87.6 Å². The second-order valence-electron chi connectivity index (χ2n) is 12.4. The Morgan fingerprint density at radius 3 is 1.88 bits per heavy atom. The van der Waals surface area contributed by atoms with Crippen molar-refractivity contribution in [1.82, 2.24) is 0 Å². The molecule has 0 saturated carbocycles. The zero-order valence-electron chi connectivity index (χ0n) is 55.5. The minimum atomic E-state index is -1.00. The van der Waals surface area contributed by atoms with Crippen molar-refractivity contribution in [2.24, 2.45) is 0 Å². The van der Waals surface area contributed by atoms with Gasteiger partial charge in [-0.3, -0.25) is 0 Å². The first kappa shape index (κ1) is 15.0. The maximum atomic E-state index is 10.0. The minimum Gasteiger partial charge on any atom is -0.455 e. The number of hydrogen-bond donors (Lipinski definition) is 0. The van der Waals surface area contributed by atoms with Crippen LogP contribution in [-0.2, 0) is 0 Å². The molecule has 0 amide bonds. The Kier molecular flexibility index (Phi) is 3.53. The highest BCUT2D eigenvalue weighted by Crippen LogP contribution is 2.47. The van der Waals surface area contributed by atoms with Gasteiger partial charge in [0.05, 0.1) is 42.7 Å². The first-order valence-electron chi connectivity index (χ1n) is 30.5. The molecule has 0 N–H and O–H groups in total. The topological polar surface area (TPSA) is 16.4 Å². The summed E-state index contributed by atoms with van der Waals surface area (Å²) < 4.78 is 249. The largest absolute Gasteiger partial charge is 0.455 e. The molecule has 0 radical (unpaired) electrons. The fourth-order valence-electron chi connectivity index (χ4n) is 6.78. The highest BCUT2D eigenvalue weighted by molar-refractivity contribution is 6.23. The molecule has 0 fully saturated rings. The quantitative estimate of drug-likeness (QED) is 0.158. The van der Waals surface area contributed by atoms with Crippen LogP contribution in [0.15, 0.2) is 216 Å². The third-order valence-corrected chi connectivity index (χ3v) is 9.22. The Hall–Kier alpha value is -7.42. The van der Waals surface area contributed by atoms with Crippen LogP contribution in [-0.4, -0.2) is 0 Å². The summed E-state index contributed by atoms with van der Waals surface area (Å²) in [6, 6.07) is -10.7. The molecule has 56 heavy (non-hydrogen) atoms. The third-order valence-electron chi connectivity index (χ3n) is 9.22. The number of hydrogen-bond acceptors (Lipinski definition) is 2. The standard InChI is InChI=1S/C54H35NO/c1-3-13-36(14-4-1)38-27-29-43(30-28-38)55(44-31-32-46-42(34-44)26-25-39-17-7-8-20-45(39)46)51-35-50-53-47(41-19-11-18-40(33-41)37-15-5-2-6-16-37)23-12-24-52(53)56-54(50)49-22-10-9-21-48(49)51/h1-35H/i1D,2D,3D,4D,5D,6D,7D,8D,11D,13D,14D,15D,16D,17D,18D,19D,20D,25D,26D,27D,28D,29D,30D,31D,32D,33D,34D. The first-order valence-corrected chi connectivity index (χ1v) is 17.0. The zero-order valence-corrected chi connectivity index (χ0v) is 28.5. The number of anilines is 3. The van der Waals surface area contributed by atoms with Crippen molar-refractivity contribution in [2.75, 3.05) is 4.90 Å². The molecule has 2 nitrogen and oxygen atoms in total. The van der Waals surface area contributed by atoms with Crippen molar-refractivity contribution in [2.45, 2.75) is 0 Å². The van der Waals surface area contributed by atoms with Crippen LogP contribution in [0.1, 0.15) is 37.0 Å². The molecular weight excluding hydrogens is 679 g/mol. The van der Waals surface area contributed by atoms with E-state index < -0.39 is 218 Å². The number of fused-ring (bicyclic) bond motifs is 8. The zero-order chi connectivity index (χ0) is 60.5. The summed E-state index contributed by atoms with van der Waals surface area (Å²) in [5, 5.41) is -1.68. The summed E-state index contributed by atoms with van der Waals surface area (Å²) in [6.07, 6.45) is 0. The average molecular weight is 741 g/mol. The Morgan fingerprint density at radius 1 is 0.411 bits per heavy atom. The molecule has 11 rings (SSSR count). The lowest BCUT2D eigenvalue weighted by Gasteiger charge is -2.28. The highest BCUT2D eigenvalue weighted by atomic mass is 16.3. The predicted octanol–water partition coefficient (Wildman–Crippen LogP) is 15.5. The van der Waals surface area contributed by atoms with Crippen LogP contribution in [0.5, 0.6) is 0 Å². The van der Waals surface area contributed by atoms with Gasteiger partial charge in [-0.25, -0.2) is 0 Å². The molecule has 0 unspecified atom stereocenters. The second kappa shape index (κ2) is 13.2. The summed E-state index contributed by atoms with van der Waals surface area (Å²) in [6.45, 7) is 0. The summed E-state index contributed by atoms with van der Waals surface area (Å²) in [4.78, 5) is 0.907. The molecule has 0 bridgehead atoms. The fourth-order valence-corrected chi connectivity index (χ4v) is 6.78. The summed E-state index contributed by atoms with van der Waals surface area (Å²) >= 11 is 0. The van der Waals surface area contributed by atoms with E-state index in [4.69, 9.17) is 27.7 Å². The SMILES string of the molecule is [2H]c1c([2H])c([2H])c(-c2c([2H])c([2H])c(N(c3c([2H])c([2H])c4c(c3[2H])c([2H])c([2H])c3c([2H])c([2H])c([2H])c([2H])c34)c3cc4c(oc5cccc(-c6c([2H])c([2H])c([2H])c(-c7c([2H])c([2H])c([2H])c([2H])c7[2H])c6[2H])c54)c4ccccc34)c([2H])c2[2H])c([2H])c1[2H]. The van der Waals surface area contributed by atoms with Crippen LogP contribution in [0.3, 0.4) is 0 Å². The molecule has 0 aliphatic carbocycles. The van der Waals surface area contributed by atoms with E-state index in [1.165, 1.54) is 30.3 Å². The van der Waals surface area contributed by atoms with Gasteiger partial charge in [0, 0.05) is 32.9 Å². The number of nitrogens with zero attached hydrogens (tertiary/aromatic N) is 1. The van der Waals surface area contributed by atoms with Gasteiger partial charge in [-0.1, -0.05) is 169 Å². The number of furan rings is 1. The van der Waals surface area contributed by atoms with Crippen LogP contribution < -0.4 is 4.90 Å². The maximum absolute atomic E-state index is 10.0. The molecule has 0 saturated heterocycles. The Labute approximate surface area is 363 Å². The molecule has 1 aromatic heterocycles. The smallest absolute Gasteiger partial charge is 0.143 e. The van der Waals surface area contributed by atoms with Crippen LogP contribution in [0, 0.1) is 0 Å². The lowest BCUT2D eigenvalue weighted by atomic mass is 9.94. The molecular formula is C54H35NO. The second-order valence-corrected chi connectivity index (χ2v) is 12.4. The maximum Gasteiger partial charge on any atom is 0.143 e. The predicted molar refractivity (Wildman–Crippen MR) is 237 cm³/mol. The van der Waals surface area contributed by atoms with Crippen molar-refractivity contribution < 1.29 is 41.4 Å². The van der Waals surface area contributed by atoms with Gasteiger partial charge in [-0.05, 0) is 97.3 Å². The minimum absolute atomic E-state index is 0.0434. The third kappa shape index (κ3) is 5.34. The Balaban J connectivity index is 1.33. The van der Waals surface area contributed by atoms with Crippen molar-refractivity contribution in [3.63, 3.8) is 0 Å². The van der Waals surface area contributed by atoms with E-state index in [2.05, 4.69) is 0 Å². The van der Waals surface area contributed by atoms with Gasteiger partial charge in [0.15, 0.2) is 0 Å². The van der Waals surface area contributed by atoms with E-state index in [0.29, 0.717) is 0 Å². The van der Waals surface area contributed by atoms with Gasteiger partial charge in [0.25, 0.3) is 0 Å². The number of rotatable bonds is 6. The average Bonchev–Trinajstić information content (AvgIpc) is 2.82. The summed E-state index contributed by atoms with van der Waals surface area (Å²) in [5.41, 5.74) is -4.68. The molecule has 0 aliphatic heterocycles. The number of benzene rings is 10. The van der Waals surface area contributed by atoms with Gasteiger partial charge in [-0.2, -0.15) is 0 Å². The molecule has 262 valence electrons. The van der Waals surface area contributed by atoms with Gasteiger partial charge < -0.3 is 9.32 Å². The molecule has 10 aromatic carbocycles. The van der Waals surface area contributed by atoms with E-state index >= 15 is 0 Å². The van der Waals surface area contributed by atoms with Crippen molar-refractivity contribution >= 4 is 71.3 Å². The summed E-state index contributed by atoms with van der Waals surface area (Å²) in [5.74, 6) is 0. The van der Waals surface area contributed by atoms with Crippen LogP contribution >= 0.6 is 0 Å². The molecule has 0 aliphatic rings. The van der Waals surface area contributed by atoms with E-state index in [-0.39, 0.29) is 49.5 Å². The van der Waals surface area contributed by atoms with E-state index in [9.17, 15) is 13.7 Å². The fraction of sp³-hybridized carbons (Fsp3) is 0. The van der Waals surface area contributed by atoms with E-state index in [1.54, 1.807) is 18.2 Å². The Bertz CT molecular complexity index is 4750. The first-order chi connectivity index (χ1) is 39.0. The lowest BCUT2D eigenvalue weighted by molar-refractivity contribution is 0.673. The van der Waals surface area contributed by atoms with Gasteiger partial charge >= 0.3 is 0 Å².